The monoisotopic (exact) mass is 542 g/mol. The number of carbonyl (C=O) groups excluding carboxylic acids is 1. The number of likely N-dealkylation sites (tertiary alicyclic amines) is 1. The second-order valence-corrected chi connectivity index (χ2v) is 13.0. The van der Waals surface area contributed by atoms with Crippen molar-refractivity contribution in [1.29, 1.82) is 0 Å². The van der Waals surface area contributed by atoms with Crippen molar-refractivity contribution in [2.24, 2.45) is 5.92 Å². The van der Waals surface area contributed by atoms with Crippen LogP contribution in [0, 0.1) is 11.7 Å². The van der Waals surface area contributed by atoms with E-state index >= 15 is 0 Å². The van der Waals surface area contributed by atoms with Crippen LogP contribution in [0.3, 0.4) is 0 Å². The molecule has 2 unspecified atom stereocenters. The summed E-state index contributed by atoms with van der Waals surface area (Å²) >= 11 is 0. The molecular formula is C28H35FN4O4S. The number of fused-ring (bicyclic) bond motifs is 2. The summed E-state index contributed by atoms with van der Waals surface area (Å²) in [6.45, 7) is 1.91. The Balaban J connectivity index is 1.25. The largest absolute Gasteiger partial charge is 0.496 e. The summed E-state index contributed by atoms with van der Waals surface area (Å²) in [5.41, 5.74) is 3.12. The van der Waals surface area contributed by atoms with Crippen molar-refractivity contribution in [2.45, 2.75) is 57.0 Å². The molecule has 2 bridgehead atoms. The Morgan fingerprint density at radius 3 is 2.82 bits per heavy atom. The van der Waals surface area contributed by atoms with Crippen LogP contribution in [0.4, 0.5) is 4.39 Å². The maximum atomic E-state index is 14.5. The summed E-state index contributed by atoms with van der Waals surface area (Å²) in [7, 11) is -1.43. The number of carbonyl (C=O) groups is 1. The molecule has 1 N–H and O–H groups in total. The molecule has 1 amide bonds. The van der Waals surface area contributed by atoms with Gasteiger partial charge in [0.2, 0.25) is 5.91 Å². The van der Waals surface area contributed by atoms with Crippen molar-refractivity contribution in [1.82, 2.24) is 20.4 Å². The second kappa shape index (κ2) is 11.5. The number of methoxy groups -OCH3 is 1. The van der Waals surface area contributed by atoms with Gasteiger partial charge >= 0.3 is 0 Å². The first-order chi connectivity index (χ1) is 18.3. The number of aromatic nitrogens is 2. The van der Waals surface area contributed by atoms with Gasteiger partial charge in [-0.2, -0.15) is 10.2 Å². The lowest BCUT2D eigenvalue weighted by Gasteiger charge is -2.34. The third kappa shape index (κ3) is 6.23. The number of halogens is 1. The minimum Gasteiger partial charge on any atom is -0.496 e. The van der Waals surface area contributed by atoms with Crippen molar-refractivity contribution in [3.8, 4) is 5.75 Å². The Morgan fingerprint density at radius 1 is 1.21 bits per heavy atom. The standard InChI is InChI=1S/C28H35FN4O4S/c1-37-26-9-3-8-25(29)24(26)18-33-12-4-7-23(17-33)30-28(34)20-5-2-6-22-16-21(15-20)27(32-31-22)19-10-13-38(35,36)14-11-19/h2-3,6,8-9,16,19-20,23H,4-5,7,10-15,17-18H2,1H3,(H,30,34)/b6-2-. The zero-order chi connectivity index (χ0) is 26.7. The van der Waals surface area contributed by atoms with Crippen LogP contribution in [-0.2, 0) is 27.6 Å². The van der Waals surface area contributed by atoms with E-state index in [1.54, 1.807) is 19.2 Å². The van der Waals surface area contributed by atoms with Crippen molar-refractivity contribution >= 4 is 21.8 Å². The number of hydrogen-bond acceptors (Lipinski definition) is 7. The van der Waals surface area contributed by atoms with E-state index in [9.17, 15) is 17.6 Å². The smallest absolute Gasteiger partial charge is 0.224 e. The van der Waals surface area contributed by atoms with Gasteiger partial charge in [-0.05, 0) is 74.9 Å². The molecule has 0 spiro atoms. The Hall–Kier alpha value is -2.85. The molecule has 38 heavy (non-hydrogen) atoms. The molecule has 0 saturated carbocycles. The van der Waals surface area contributed by atoms with Crippen molar-refractivity contribution < 1.29 is 22.3 Å². The molecular weight excluding hydrogens is 507 g/mol. The highest BCUT2D eigenvalue weighted by Crippen LogP contribution is 2.32. The van der Waals surface area contributed by atoms with E-state index in [0.29, 0.717) is 50.1 Å². The van der Waals surface area contributed by atoms with E-state index in [4.69, 9.17) is 4.74 Å². The molecule has 3 aliphatic rings. The molecule has 2 aromatic rings. The van der Waals surface area contributed by atoms with Gasteiger partial charge in [0.05, 0.1) is 30.0 Å². The van der Waals surface area contributed by atoms with E-state index in [1.165, 1.54) is 6.07 Å². The molecule has 1 aromatic carbocycles. The number of nitrogens with one attached hydrogen (secondary N) is 1. The van der Waals surface area contributed by atoms with Crippen LogP contribution in [0.2, 0.25) is 0 Å². The molecule has 8 nitrogen and oxygen atoms in total. The van der Waals surface area contributed by atoms with Gasteiger partial charge in [0.1, 0.15) is 21.4 Å². The van der Waals surface area contributed by atoms with Crippen molar-refractivity contribution in [2.75, 3.05) is 31.7 Å². The lowest BCUT2D eigenvalue weighted by atomic mass is 9.87. The summed E-state index contributed by atoms with van der Waals surface area (Å²) < 4.78 is 43.7. The van der Waals surface area contributed by atoms with Crippen LogP contribution in [0.15, 0.2) is 30.3 Å². The lowest BCUT2D eigenvalue weighted by molar-refractivity contribution is -0.126. The molecule has 2 aliphatic heterocycles. The molecule has 10 heteroatoms. The van der Waals surface area contributed by atoms with Gasteiger partial charge in [-0.3, -0.25) is 9.69 Å². The van der Waals surface area contributed by atoms with Crippen LogP contribution in [0.5, 0.6) is 5.75 Å². The average Bonchev–Trinajstić information content (AvgIpc) is 2.89. The maximum Gasteiger partial charge on any atom is 0.224 e. The number of amides is 1. The van der Waals surface area contributed by atoms with E-state index < -0.39 is 9.84 Å². The first-order valence-corrected chi connectivity index (χ1v) is 15.2. The first kappa shape index (κ1) is 26.7. The fourth-order valence-electron chi connectivity index (χ4n) is 5.85. The Labute approximate surface area is 223 Å². The molecule has 1 aromatic heterocycles. The Morgan fingerprint density at radius 2 is 2.03 bits per heavy atom. The van der Waals surface area contributed by atoms with Crippen LogP contribution in [-0.4, -0.2) is 67.2 Å². The van der Waals surface area contributed by atoms with Gasteiger partial charge in [0.15, 0.2) is 0 Å². The zero-order valence-corrected chi connectivity index (χ0v) is 22.6. The van der Waals surface area contributed by atoms with Gasteiger partial charge in [-0.1, -0.05) is 12.1 Å². The first-order valence-electron chi connectivity index (χ1n) is 13.4. The number of sulfone groups is 1. The van der Waals surface area contributed by atoms with Gasteiger partial charge in [0, 0.05) is 36.5 Å². The molecule has 2 saturated heterocycles. The molecule has 5 rings (SSSR count). The predicted octanol–water partition coefficient (Wildman–Crippen LogP) is 3.27. The number of ether oxygens (including phenoxy) is 1. The fourth-order valence-corrected chi connectivity index (χ4v) is 7.35. The summed E-state index contributed by atoms with van der Waals surface area (Å²) in [6, 6.07) is 6.83. The number of hydrogen-bond donors (Lipinski definition) is 1. The Bertz CT molecular complexity index is 1300. The molecule has 0 radical (unpaired) electrons. The number of benzene rings is 1. The lowest BCUT2D eigenvalue weighted by Crippen LogP contribution is -2.49. The molecule has 3 heterocycles. The zero-order valence-electron chi connectivity index (χ0n) is 21.7. The number of nitrogens with zero attached hydrogens (tertiary/aromatic N) is 3. The van der Waals surface area contributed by atoms with E-state index in [-0.39, 0.29) is 41.1 Å². The van der Waals surface area contributed by atoms with E-state index in [2.05, 4.69) is 20.4 Å². The Kier molecular flexibility index (Phi) is 8.09. The third-order valence-electron chi connectivity index (χ3n) is 7.94. The van der Waals surface area contributed by atoms with Gasteiger partial charge in [-0.15, -0.1) is 0 Å². The highest BCUT2D eigenvalue weighted by atomic mass is 32.2. The quantitative estimate of drug-likeness (QED) is 0.598. The molecule has 1 aliphatic carbocycles. The maximum absolute atomic E-state index is 14.5. The summed E-state index contributed by atoms with van der Waals surface area (Å²) in [5, 5.41) is 12.1. The predicted molar refractivity (Wildman–Crippen MR) is 143 cm³/mol. The topological polar surface area (TPSA) is 101 Å². The molecule has 204 valence electrons. The number of rotatable bonds is 6. The highest BCUT2D eigenvalue weighted by molar-refractivity contribution is 7.91. The normalized spacial score (nSPS) is 24.7. The van der Waals surface area contributed by atoms with Crippen LogP contribution < -0.4 is 10.1 Å². The minimum atomic E-state index is -2.98. The van der Waals surface area contributed by atoms with Gasteiger partial charge < -0.3 is 10.1 Å². The second-order valence-electron chi connectivity index (χ2n) is 10.6. The number of allylic oxidation sites excluding steroid dienone is 1. The SMILES string of the molecule is COc1cccc(F)c1CN1CCCC(NC(=O)C2C/C=C\c3cc(c(C4CCS(=O)(=O)CC4)nn3)C2)C1. The van der Waals surface area contributed by atoms with Crippen LogP contribution >= 0.6 is 0 Å². The van der Waals surface area contributed by atoms with Crippen molar-refractivity contribution in [3.63, 3.8) is 0 Å². The summed E-state index contributed by atoms with van der Waals surface area (Å²) in [5.74, 6) is 0.383. The van der Waals surface area contributed by atoms with Crippen LogP contribution in [0.1, 0.15) is 60.5 Å². The fraction of sp³-hybridized carbons (Fsp3) is 0.536. The summed E-state index contributed by atoms with van der Waals surface area (Å²) in [6.07, 6.45) is 7.89. The van der Waals surface area contributed by atoms with Crippen LogP contribution in [0.25, 0.3) is 6.08 Å². The van der Waals surface area contributed by atoms with Crippen molar-refractivity contribution in [3.05, 3.63) is 58.7 Å². The van der Waals surface area contributed by atoms with E-state index in [1.807, 2.05) is 18.2 Å². The van der Waals surface area contributed by atoms with Gasteiger partial charge in [-0.25, -0.2) is 12.8 Å². The highest BCUT2D eigenvalue weighted by Gasteiger charge is 2.31. The average molecular weight is 543 g/mol. The number of piperidine rings is 1. The van der Waals surface area contributed by atoms with E-state index in [0.717, 1.165) is 36.3 Å². The van der Waals surface area contributed by atoms with Gasteiger partial charge in [0.25, 0.3) is 0 Å². The molecule has 2 atom stereocenters. The molecule has 2 fully saturated rings. The summed E-state index contributed by atoms with van der Waals surface area (Å²) in [4.78, 5) is 15.6. The minimum absolute atomic E-state index is 0.00223. The third-order valence-corrected chi connectivity index (χ3v) is 9.66.